The summed E-state index contributed by atoms with van der Waals surface area (Å²) in [4.78, 5) is 11.8. The Morgan fingerprint density at radius 1 is 1.25 bits per heavy atom. The van der Waals surface area contributed by atoms with E-state index in [4.69, 9.17) is 4.74 Å². The molecule has 1 aromatic rings. The molecule has 1 aromatic carbocycles. The monoisotopic (exact) mass is 288 g/mol. The van der Waals surface area contributed by atoms with Gasteiger partial charge in [0.25, 0.3) is 0 Å². The van der Waals surface area contributed by atoms with E-state index >= 15 is 0 Å². The molecule has 1 rings (SSSR count). The molecular formula is C15H19F3O2. The summed E-state index contributed by atoms with van der Waals surface area (Å²) in [5.74, 6) is -0.0885. The number of methoxy groups -OCH3 is 1. The van der Waals surface area contributed by atoms with Crippen molar-refractivity contribution in [2.45, 2.75) is 44.9 Å². The molecule has 0 heterocycles. The lowest BCUT2D eigenvalue weighted by Gasteiger charge is -2.22. The van der Waals surface area contributed by atoms with Gasteiger partial charge in [-0.2, -0.15) is 13.2 Å². The lowest BCUT2D eigenvalue weighted by Crippen LogP contribution is -2.23. The smallest absolute Gasteiger partial charge is 0.379 e. The maximum Gasteiger partial charge on any atom is 0.416 e. The number of halogens is 3. The highest BCUT2D eigenvalue weighted by atomic mass is 19.4. The van der Waals surface area contributed by atoms with Gasteiger partial charge in [-0.3, -0.25) is 4.79 Å². The van der Waals surface area contributed by atoms with Crippen LogP contribution in [0.3, 0.4) is 0 Å². The molecule has 0 amide bonds. The van der Waals surface area contributed by atoms with E-state index in [9.17, 15) is 18.0 Å². The van der Waals surface area contributed by atoms with Crippen LogP contribution in [0.5, 0.6) is 0 Å². The molecule has 5 heteroatoms. The Morgan fingerprint density at radius 3 is 2.45 bits per heavy atom. The molecule has 0 atom stereocenters. The van der Waals surface area contributed by atoms with Gasteiger partial charge < -0.3 is 4.74 Å². The second-order valence-corrected chi connectivity index (χ2v) is 5.38. The van der Waals surface area contributed by atoms with Crippen molar-refractivity contribution in [1.29, 1.82) is 0 Å². The Hall–Kier alpha value is -1.36. The second-order valence-electron chi connectivity index (χ2n) is 5.38. The van der Waals surface area contributed by atoms with Crippen molar-refractivity contribution < 1.29 is 22.7 Å². The van der Waals surface area contributed by atoms with E-state index in [2.05, 4.69) is 0 Å². The lowest BCUT2D eigenvalue weighted by molar-refractivity contribution is -0.137. The molecule has 0 fully saturated rings. The number of benzene rings is 1. The molecule has 0 bridgehead atoms. The standard InChI is InChI=1S/C15H19F3O2/c1-14(2,20-3)8-7-13(19)10-11-5-4-6-12(9-11)15(16,17)18/h4-6,9H,7-8,10H2,1-3H3. The van der Waals surface area contributed by atoms with Crippen LogP contribution in [0.15, 0.2) is 24.3 Å². The van der Waals surface area contributed by atoms with Crippen molar-refractivity contribution in [3.8, 4) is 0 Å². The molecular weight excluding hydrogens is 269 g/mol. The minimum Gasteiger partial charge on any atom is -0.379 e. The third-order valence-electron chi connectivity index (χ3n) is 3.21. The summed E-state index contributed by atoms with van der Waals surface area (Å²) in [6.07, 6.45) is -3.53. The lowest BCUT2D eigenvalue weighted by atomic mass is 9.97. The van der Waals surface area contributed by atoms with Crippen molar-refractivity contribution in [3.05, 3.63) is 35.4 Å². The van der Waals surface area contributed by atoms with Gasteiger partial charge in [0.2, 0.25) is 0 Å². The first-order valence-electron chi connectivity index (χ1n) is 6.37. The van der Waals surface area contributed by atoms with Crippen LogP contribution in [-0.2, 0) is 22.1 Å². The van der Waals surface area contributed by atoms with Crippen molar-refractivity contribution in [2.75, 3.05) is 7.11 Å². The van der Waals surface area contributed by atoms with E-state index in [1.165, 1.54) is 12.1 Å². The first-order chi connectivity index (χ1) is 9.14. The topological polar surface area (TPSA) is 26.3 Å². The quantitative estimate of drug-likeness (QED) is 0.790. The van der Waals surface area contributed by atoms with Crippen LogP contribution in [0.1, 0.15) is 37.8 Å². The second kappa shape index (κ2) is 6.39. The Labute approximate surface area is 116 Å². The molecule has 0 saturated carbocycles. The average molecular weight is 288 g/mol. The minimum absolute atomic E-state index is 0.0176. The zero-order valence-electron chi connectivity index (χ0n) is 11.9. The minimum atomic E-state index is -4.38. The molecule has 112 valence electrons. The number of carbonyl (C=O) groups excluding carboxylic acids is 1. The molecule has 0 aliphatic carbocycles. The van der Waals surface area contributed by atoms with Gasteiger partial charge in [-0.1, -0.05) is 18.2 Å². The number of ether oxygens (including phenoxy) is 1. The van der Waals surface area contributed by atoms with E-state index in [1.807, 2.05) is 13.8 Å². The Bertz CT molecular complexity index is 464. The molecule has 0 radical (unpaired) electrons. The molecule has 20 heavy (non-hydrogen) atoms. The van der Waals surface area contributed by atoms with Gasteiger partial charge in [0, 0.05) is 20.0 Å². The van der Waals surface area contributed by atoms with Crippen molar-refractivity contribution in [3.63, 3.8) is 0 Å². The van der Waals surface area contributed by atoms with Crippen molar-refractivity contribution >= 4 is 5.78 Å². The first kappa shape index (κ1) is 16.7. The zero-order chi connectivity index (χ0) is 15.4. The Morgan fingerprint density at radius 2 is 1.90 bits per heavy atom. The summed E-state index contributed by atoms with van der Waals surface area (Å²) in [5, 5.41) is 0. The summed E-state index contributed by atoms with van der Waals surface area (Å²) >= 11 is 0. The van der Waals surface area contributed by atoms with E-state index in [0.29, 0.717) is 12.0 Å². The molecule has 0 saturated heterocycles. The van der Waals surface area contributed by atoms with Gasteiger partial charge in [-0.25, -0.2) is 0 Å². The summed E-state index contributed by atoms with van der Waals surface area (Å²) < 4.78 is 42.9. The van der Waals surface area contributed by atoms with Crippen molar-refractivity contribution in [2.24, 2.45) is 0 Å². The van der Waals surface area contributed by atoms with E-state index in [0.717, 1.165) is 12.1 Å². The molecule has 0 aliphatic heterocycles. The summed E-state index contributed by atoms with van der Waals surface area (Å²) in [6, 6.07) is 4.89. The van der Waals surface area contributed by atoms with Gasteiger partial charge >= 0.3 is 6.18 Å². The fourth-order valence-corrected chi connectivity index (χ4v) is 1.72. The SMILES string of the molecule is COC(C)(C)CCC(=O)Cc1cccc(C(F)(F)F)c1. The van der Waals surface area contributed by atoms with Gasteiger partial charge in [0.05, 0.1) is 11.2 Å². The molecule has 0 spiro atoms. The van der Waals surface area contributed by atoms with E-state index < -0.39 is 17.3 Å². The van der Waals surface area contributed by atoms with Gasteiger partial charge in [-0.05, 0) is 31.9 Å². The average Bonchev–Trinajstić information content (AvgIpc) is 2.36. The third-order valence-corrected chi connectivity index (χ3v) is 3.21. The maximum absolute atomic E-state index is 12.6. The predicted octanol–water partition coefficient (Wildman–Crippen LogP) is 4.02. The maximum atomic E-state index is 12.6. The fourth-order valence-electron chi connectivity index (χ4n) is 1.72. The van der Waals surface area contributed by atoms with Crippen LogP contribution < -0.4 is 0 Å². The van der Waals surface area contributed by atoms with E-state index in [1.54, 1.807) is 7.11 Å². The highest BCUT2D eigenvalue weighted by Gasteiger charge is 2.30. The van der Waals surface area contributed by atoms with Crippen LogP contribution in [0, 0.1) is 0 Å². The van der Waals surface area contributed by atoms with Crippen LogP contribution in [0.25, 0.3) is 0 Å². The van der Waals surface area contributed by atoms with Crippen molar-refractivity contribution in [1.82, 2.24) is 0 Å². The Kier molecular flexibility index (Phi) is 5.34. The normalized spacial score (nSPS) is 12.5. The van der Waals surface area contributed by atoms with Crippen LogP contribution >= 0.6 is 0 Å². The molecule has 2 nitrogen and oxygen atoms in total. The number of ketones is 1. The highest BCUT2D eigenvalue weighted by molar-refractivity contribution is 5.80. The summed E-state index contributed by atoms with van der Waals surface area (Å²) in [7, 11) is 1.57. The number of hydrogen-bond donors (Lipinski definition) is 0. The number of alkyl halides is 3. The summed E-state index contributed by atoms with van der Waals surface area (Å²) in [6.45, 7) is 3.73. The zero-order valence-corrected chi connectivity index (χ0v) is 11.9. The number of rotatable bonds is 6. The van der Waals surface area contributed by atoms with Gasteiger partial charge in [0.1, 0.15) is 5.78 Å². The molecule has 0 aromatic heterocycles. The molecule has 0 N–H and O–H groups in total. The third kappa shape index (κ3) is 5.33. The van der Waals surface area contributed by atoms with Crippen LogP contribution in [0.2, 0.25) is 0 Å². The fraction of sp³-hybridized carbons (Fsp3) is 0.533. The van der Waals surface area contributed by atoms with Gasteiger partial charge in [-0.15, -0.1) is 0 Å². The van der Waals surface area contributed by atoms with Crippen LogP contribution in [0.4, 0.5) is 13.2 Å². The predicted molar refractivity (Wildman–Crippen MR) is 70.5 cm³/mol. The van der Waals surface area contributed by atoms with Gasteiger partial charge in [0.15, 0.2) is 0 Å². The van der Waals surface area contributed by atoms with Crippen LogP contribution in [-0.4, -0.2) is 18.5 Å². The van der Waals surface area contributed by atoms with E-state index in [-0.39, 0.29) is 18.6 Å². The largest absolute Gasteiger partial charge is 0.416 e. The Balaban J connectivity index is 2.63. The first-order valence-corrected chi connectivity index (χ1v) is 6.37. The number of Topliss-reactive ketones (excluding diaryl/α,β-unsaturated/α-hetero) is 1. The highest BCUT2D eigenvalue weighted by Crippen LogP contribution is 2.29. The molecule has 0 unspecified atom stereocenters. The summed E-state index contributed by atoms with van der Waals surface area (Å²) in [5.41, 5.74) is -0.733. The molecule has 0 aliphatic rings. The number of carbonyl (C=O) groups is 1. The number of hydrogen-bond acceptors (Lipinski definition) is 2.